The summed E-state index contributed by atoms with van der Waals surface area (Å²) in [5.41, 5.74) is 24.7. The van der Waals surface area contributed by atoms with E-state index >= 15 is 0 Å². The Labute approximate surface area is 371 Å². The van der Waals surface area contributed by atoms with Crippen LogP contribution in [0.2, 0.25) is 0 Å². The fourth-order valence-electron chi connectivity index (χ4n) is 12.4. The van der Waals surface area contributed by atoms with Crippen molar-refractivity contribution in [3.8, 4) is 22.7 Å². The molecule has 0 radical (unpaired) electrons. The van der Waals surface area contributed by atoms with Gasteiger partial charge in [0.1, 0.15) is 11.8 Å². The van der Waals surface area contributed by atoms with Crippen LogP contribution in [-0.2, 0) is 16.2 Å². The molecule has 5 heterocycles. The third-order valence-corrected chi connectivity index (χ3v) is 15.2. The van der Waals surface area contributed by atoms with Crippen LogP contribution in [0, 0.1) is 6.92 Å². The van der Waals surface area contributed by atoms with E-state index in [-0.39, 0.29) is 35.1 Å². The molecular weight excluding hydrogens is 765 g/mol. The predicted octanol–water partition coefficient (Wildman–Crippen LogP) is 12.8. The molecule has 5 aliphatic rings. The largest absolute Gasteiger partial charge is 0.483 e. The molecule has 2 unspecified atom stereocenters. The number of fused-ring (bicyclic) bond motifs is 14. The number of rotatable bonds is 3. The maximum absolute atomic E-state index is 7.28. The lowest BCUT2D eigenvalue weighted by atomic mass is 9.33. The zero-order valence-electron chi connectivity index (χ0n) is 37.8. The van der Waals surface area contributed by atoms with Gasteiger partial charge in [0.2, 0.25) is 0 Å². The van der Waals surface area contributed by atoms with Gasteiger partial charge in [0, 0.05) is 61.4 Å². The topological polar surface area (TPSA) is 20.6 Å². The van der Waals surface area contributed by atoms with Crippen molar-refractivity contribution in [2.75, 3.05) is 9.80 Å². The summed E-state index contributed by atoms with van der Waals surface area (Å²) in [5, 5.41) is 1.37. The predicted molar refractivity (Wildman–Crippen MR) is 263 cm³/mol. The number of anilines is 5. The van der Waals surface area contributed by atoms with Gasteiger partial charge in [-0.25, -0.2) is 0 Å². The minimum atomic E-state index is -0.208. The van der Waals surface area contributed by atoms with E-state index in [0.29, 0.717) is 0 Å². The highest BCUT2D eigenvalue weighted by Crippen LogP contribution is 2.63. The van der Waals surface area contributed by atoms with Crippen molar-refractivity contribution in [3.05, 3.63) is 178 Å². The van der Waals surface area contributed by atoms with Gasteiger partial charge >= 0.3 is 0 Å². The van der Waals surface area contributed by atoms with E-state index in [4.69, 9.17) is 4.74 Å². The van der Waals surface area contributed by atoms with E-state index in [1.165, 1.54) is 94.6 Å². The molecule has 0 fully saturated rings. The maximum atomic E-state index is 7.28. The molecule has 1 aromatic heterocycles. The summed E-state index contributed by atoms with van der Waals surface area (Å²) in [6.45, 7) is 20.9. The van der Waals surface area contributed by atoms with E-state index in [1.54, 1.807) is 0 Å². The minimum Gasteiger partial charge on any atom is -0.483 e. The van der Waals surface area contributed by atoms with E-state index in [9.17, 15) is 0 Å². The van der Waals surface area contributed by atoms with Crippen LogP contribution in [0.15, 0.2) is 140 Å². The number of benzene rings is 7. The Bertz CT molecular complexity index is 3230. The van der Waals surface area contributed by atoms with Crippen LogP contribution in [0.3, 0.4) is 0 Å². The second-order valence-corrected chi connectivity index (χ2v) is 21.4. The van der Waals surface area contributed by atoms with Gasteiger partial charge < -0.3 is 19.1 Å². The molecule has 5 heteroatoms. The van der Waals surface area contributed by atoms with Crippen LogP contribution in [0.5, 0.6) is 5.75 Å². The Morgan fingerprint density at radius 2 is 1.32 bits per heavy atom. The highest BCUT2D eigenvalue weighted by atomic mass is 16.5. The summed E-state index contributed by atoms with van der Waals surface area (Å²) < 4.78 is 9.94. The molecule has 63 heavy (non-hydrogen) atoms. The minimum absolute atomic E-state index is 0.0245. The molecule has 4 aliphatic heterocycles. The summed E-state index contributed by atoms with van der Waals surface area (Å²) >= 11 is 0. The van der Waals surface area contributed by atoms with Crippen LogP contribution in [0.1, 0.15) is 106 Å². The molecule has 4 nitrogen and oxygen atoms in total. The molecular formula is C58H52BN3O. The third-order valence-electron chi connectivity index (χ3n) is 15.2. The van der Waals surface area contributed by atoms with Crippen LogP contribution in [-0.4, -0.2) is 11.3 Å². The monoisotopic (exact) mass is 817 g/mol. The molecule has 0 spiro atoms. The summed E-state index contributed by atoms with van der Waals surface area (Å²) in [5.74, 6) is 0.975. The smallest absolute Gasteiger partial charge is 0.252 e. The fourth-order valence-corrected chi connectivity index (χ4v) is 12.4. The van der Waals surface area contributed by atoms with Gasteiger partial charge in [0.05, 0.1) is 11.4 Å². The Hall–Kier alpha value is -6.46. The van der Waals surface area contributed by atoms with E-state index < -0.39 is 0 Å². The van der Waals surface area contributed by atoms with Crippen molar-refractivity contribution < 1.29 is 4.74 Å². The average Bonchev–Trinajstić information content (AvgIpc) is 3.98. The Morgan fingerprint density at radius 1 is 0.667 bits per heavy atom. The summed E-state index contributed by atoms with van der Waals surface area (Å²) in [4.78, 5) is 5.19. The highest BCUT2D eigenvalue weighted by Gasteiger charge is 2.56. The molecule has 0 bridgehead atoms. The summed E-state index contributed by atoms with van der Waals surface area (Å²) in [6.07, 6.45) is -0.208. The van der Waals surface area contributed by atoms with Gasteiger partial charge in [-0.15, -0.1) is 0 Å². The fraction of sp³-hybridized carbons (Fsp3) is 0.241. The number of para-hydroxylation sites is 2. The first kappa shape index (κ1) is 37.1. The summed E-state index contributed by atoms with van der Waals surface area (Å²) in [6, 6.07) is 53.3. The lowest BCUT2D eigenvalue weighted by Crippen LogP contribution is -2.60. The van der Waals surface area contributed by atoms with Crippen molar-refractivity contribution in [1.82, 2.24) is 4.57 Å². The molecule has 0 saturated carbocycles. The first-order chi connectivity index (χ1) is 30.2. The van der Waals surface area contributed by atoms with E-state index in [2.05, 4.69) is 216 Å². The second-order valence-electron chi connectivity index (χ2n) is 21.4. The Morgan fingerprint density at radius 3 is 2.02 bits per heavy atom. The van der Waals surface area contributed by atoms with Crippen LogP contribution >= 0.6 is 0 Å². The van der Waals surface area contributed by atoms with Gasteiger partial charge in [0.15, 0.2) is 6.10 Å². The van der Waals surface area contributed by atoms with E-state index in [1.807, 2.05) is 0 Å². The molecule has 0 saturated heterocycles. The first-order valence-corrected chi connectivity index (χ1v) is 22.9. The molecule has 0 N–H and O–H groups in total. The molecule has 308 valence electrons. The maximum Gasteiger partial charge on any atom is 0.252 e. The number of nitrogens with zero attached hydrogens (tertiary/aromatic N) is 3. The van der Waals surface area contributed by atoms with Crippen molar-refractivity contribution >= 4 is 62.4 Å². The van der Waals surface area contributed by atoms with Crippen molar-refractivity contribution in [1.29, 1.82) is 0 Å². The molecule has 8 aromatic rings. The van der Waals surface area contributed by atoms with Crippen LogP contribution in [0.4, 0.5) is 28.4 Å². The standard InChI is InChI=1S/C58H52BN3O/c1-33-31-45-50-46(32-33)62-53-39-16-11-13-20-47(39)63-55(53)48-44(60(36-25-21-34(22-26-36)56(2,3)4)37-27-23-35(24-28-37)57(5,6)7)30-29-43(54(48)62)59(50)42-19-14-17-40-49-52(61(45)51(40)42)38-15-10-12-18-41(38)58(49,8)9/h10-32,53,55H,1-9H3. The number of aromatic nitrogens is 1. The van der Waals surface area contributed by atoms with Gasteiger partial charge in [-0.05, 0) is 110 Å². The molecule has 1 aliphatic carbocycles. The van der Waals surface area contributed by atoms with Crippen molar-refractivity contribution in [3.63, 3.8) is 0 Å². The zero-order chi connectivity index (χ0) is 43.1. The molecule has 13 rings (SSSR count). The van der Waals surface area contributed by atoms with Gasteiger partial charge in [-0.3, -0.25) is 0 Å². The van der Waals surface area contributed by atoms with Crippen LogP contribution in [0.25, 0.3) is 27.8 Å². The van der Waals surface area contributed by atoms with Crippen LogP contribution < -0.4 is 30.9 Å². The number of hydrogen-bond donors (Lipinski definition) is 0. The first-order valence-electron chi connectivity index (χ1n) is 22.9. The average molecular weight is 818 g/mol. The van der Waals surface area contributed by atoms with Gasteiger partial charge in [-0.2, -0.15) is 0 Å². The SMILES string of the molecule is Cc1cc2c3c(c1)-n1c4c(c5cccc(c51)B3c1ccc(N(c3ccc(C(C)(C)C)cc3)c3ccc(C(C)(C)C)cc3)c3c1N2C1c2ccccc2OC31)C(C)(C)c1ccccc1-4. The molecule has 0 amide bonds. The lowest BCUT2D eigenvalue weighted by Gasteiger charge is -2.41. The van der Waals surface area contributed by atoms with Gasteiger partial charge in [0.25, 0.3) is 6.71 Å². The Kier molecular flexibility index (Phi) is 7.17. The zero-order valence-corrected chi connectivity index (χ0v) is 37.8. The number of aryl methyl sites for hydroxylation is 1. The Balaban J connectivity index is 1.11. The van der Waals surface area contributed by atoms with Crippen molar-refractivity contribution in [2.24, 2.45) is 0 Å². The lowest BCUT2D eigenvalue weighted by molar-refractivity contribution is 0.224. The summed E-state index contributed by atoms with van der Waals surface area (Å²) in [7, 11) is 0. The highest BCUT2D eigenvalue weighted by molar-refractivity contribution is 7.00. The van der Waals surface area contributed by atoms with E-state index in [0.717, 1.165) is 22.8 Å². The molecule has 7 aromatic carbocycles. The second kappa shape index (κ2) is 12.2. The third kappa shape index (κ3) is 4.78. The number of hydrogen-bond acceptors (Lipinski definition) is 3. The quantitative estimate of drug-likeness (QED) is 0.166. The normalized spacial score (nSPS) is 17.8. The number of ether oxygens (including phenoxy) is 1. The van der Waals surface area contributed by atoms with Gasteiger partial charge in [-0.1, -0.05) is 146 Å². The van der Waals surface area contributed by atoms with Crippen molar-refractivity contribution in [2.45, 2.75) is 90.7 Å². The molecule has 2 atom stereocenters.